The Hall–Kier alpha value is -2.48. The molecule has 126 valence electrons. The Morgan fingerprint density at radius 1 is 1.33 bits per heavy atom. The van der Waals surface area contributed by atoms with Crippen molar-refractivity contribution < 1.29 is 9.59 Å². The third-order valence-corrected chi connectivity index (χ3v) is 4.58. The number of urea groups is 1. The molecule has 0 saturated carbocycles. The number of nitrogens with one attached hydrogen (secondary N) is 2. The number of carbonyl (C=O) groups is 2. The van der Waals surface area contributed by atoms with E-state index >= 15 is 0 Å². The summed E-state index contributed by atoms with van der Waals surface area (Å²) >= 11 is 1.31. The molecule has 3 amide bonds. The number of rotatable bonds is 5. The van der Waals surface area contributed by atoms with Crippen LogP contribution in [0.4, 0.5) is 9.93 Å². The molecule has 1 aromatic carbocycles. The fraction of sp³-hybridized carbons (Fsp3) is 0.375. The zero-order valence-electron chi connectivity index (χ0n) is 13.4. The van der Waals surface area contributed by atoms with Crippen LogP contribution in [0, 0.1) is 6.92 Å². The number of aromatic nitrogens is 2. The van der Waals surface area contributed by atoms with E-state index in [9.17, 15) is 9.59 Å². The number of hydrogen-bond acceptors (Lipinski definition) is 5. The molecular weight excluding hydrogens is 326 g/mol. The minimum absolute atomic E-state index is 0.137. The van der Waals surface area contributed by atoms with Gasteiger partial charge in [0, 0.05) is 19.5 Å². The molecule has 24 heavy (non-hydrogen) atoms. The van der Waals surface area contributed by atoms with Crippen molar-refractivity contribution in [2.45, 2.75) is 25.8 Å². The van der Waals surface area contributed by atoms with Crippen molar-refractivity contribution in [3.63, 3.8) is 0 Å². The summed E-state index contributed by atoms with van der Waals surface area (Å²) in [7, 11) is 0. The monoisotopic (exact) mass is 345 g/mol. The summed E-state index contributed by atoms with van der Waals surface area (Å²) in [5, 5.41) is 14.6. The van der Waals surface area contributed by atoms with E-state index in [0.29, 0.717) is 18.1 Å². The van der Waals surface area contributed by atoms with Gasteiger partial charge in [-0.05, 0) is 18.9 Å². The third kappa shape index (κ3) is 4.08. The number of likely N-dealkylation sites (tertiary alicyclic amines) is 1. The topological polar surface area (TPSA) is 87.2 Å². The maximum atomic E-state index is 12.3. The van der Waals surface area contributed by atoms with E-state index < -0.39 is 0 Å². The van der Waals surface area contributed by atoms with Crippen molar-refractivity contribution in [1.82, 2.24) is 20.4 Å². The molecule has 1 aliphatic heterocycles. The van der Waals surface area contributed by atoms with Crippen molar-refractivity contribution in [2.24, 2.45) is 0 Å². The lowest BCUT2D eigenvalue weighted by atomic mass is 10.1. The van der Waals surface area contributed by atoms with Gasteiger partial charge in [0.25, 0.3) is 0 Å². The largest absolute Gasteiger partial charge is 0.340 e. The molecule has 2 heterocycles. The van der Waals surface area contributed by atoms with Crippen LogP contribution in [-0.4, -0.2) is 40.1 Å². The molecule has 2 aromatic rings. The molecule has 0 radical (unpaired) electrons. The number of hydrogen-bond donors (Lipinski definition) is 2. The molecular formula is C16H19N5O2S. The van der Waals surface area contributed by atoms with E-state index in [1.165, 1.54) is 11.3 Å². The fourth-order valence-corrected chi connectivity index (χ4v) is 3.26. The van der Waals surface area contributed by atoms with Crippen molar-refractivity contribution in [1.29, 1.82) is 0 Å². The second-order valence-electron chi connectivity index (χ2n) is 5.63. The third-order valence-electron chi connectivity index (χ3n) is 3.83. The number of carbonyl (C=O) groups excluding carboxylic acids is 2. The lowest BCUT2D eigenvalue weighted by Crippen LogP contribution is -2.40. The molecule has 3 rings (SSSR count). The van der Waals surface area contributed by atoms with Crippen LogP contribution in [0.25, 0.3) is 0 Å². The summed E-state index contributed by atoms with van der Waals surface area (Å²) in [4.78, 5) is 26.0. The van der Waals surface area contributed by atoms with Gasteiger partial charge in [-0.3, -0.25) is 10.1 Å². The van der Waals surface area contributed by atoms with Gasteiger partial charge in [0.05, 0.1) is 6.04 Å². The Balaban J connectivity index is 1.69. The normalized spacial score (nSPS) is 15.4. The van der Waals surface area contributed by atoms with Crippen LogP contribution >= 0.6 is 11.3 Å². The van der Waals surface area contributed by atoms with Crippen LogP contribution in [-0.2, 0) is 4.79 Å². The maximum Gasteiger partial charge on any atom is 0.321 e. The van der Waals surface area contributed by atoms with Gasteiger partial charge < -0.3 is 10.2 Å². The Bertz CT molecular complexity index is 718. The van der Waals surface area contributed by atoms with Crippen LogP contribution < -0.4 is 10.6 Å². The fourth-order valence-electron chi connectivity index (χ4n) is 2.68. The number of anilines is 1. The molecule has 1 atom stereocenters. The van der Waals surface area contributed by atoms with Crippen LogP contribution in [0.5, 0.6) is 0 Å². The van der Waals surface area contributed by atoms with E-state index in [0.717, 1.165) is 23.5 Å². The summed E-state index contributed by atoms with van der Waals surface area (Å²) in [5.41, 5.74) is 0.959. The number of nitrogens with zero attached hydrogens (tertiary/aromatic N) is 3. The first-order valence-electron chi connectivity index (χ1n) is 7.82. The zero-order chi connectivity index (χ0) is 16.9. The van der Waals surface area contributed by atoms with Crippen molar-refractivity contribution in [3.8, 4) is 0 Å². The van der Waals surface area contributed by atoms with E-state index in [1.807, 2.05) is 37.3 Å². The SMILES string of the molecule is Cc1nnc(NC(=O)N[C@H](CN2CCCC2=O)c2ccccc2)s1. The van der Waals surface area contributed by atoms with Crippen molar-refractivity contribution >= 4 is 28.4 Å². The van der Waals surface area contributed by atoms with Gasteiger partial charge in [-0.1, -0.05) is 41.7 Å². The Morgan fingerprint density at radius 2 is 2.12 bits per heavy atom. The summed E-state index contributed by atoms with van der Waals surface area (Å²) in [6.45, 7) is 3.03. The van der Waals surface area contributed by atoms with Crippen molar-refractivity contribution in [2.75, 3.05) is 18.4 Å². The van der Waals surface area contributed by atoms with Crippen LogP contribution in [0.2, 0.25) is 0 Å². The van der Waals surface area contributed by atoms with E-state index in [1.54, 1.807) is 4.90 Å². The van der Waals surface area contributed by atoms with Gasteiger partial charge in [0.2, 0.25) is 11.0 Å². The first-order chi connectivity index (χ1) is 11.6. The van der Waals surface area contributed by atoms with Crippen LogP contribution in [0.3, 0.4) is 0 Å². The first kappa shape index (κ1) is 16.4. The predicted molar refractivity (Wildman–Crippen MR) is 91.8 cm³/mol. The second-order valence-corrected chi connectivity index (χ2v) is 6.81. The van der Waals surface area contributed by atoms with Gasteiger partial charge in [-0.25, -0.2) is 4.79 Å². The minimum atomic E-state index is -0.355. The second kappa shape index (κ2) is 7.39. The first-order valence-corrected chi connectivity index (χ1v) is 8.64. The Kier molecular flexibility index (Phi) is 5.05. The highest BCUT2D eigenvalue weighted by molar-refractivity contribution is 7.15. The summed E-state index contributed by atoms with van der Waals surface area (Å²) < 4.78 is 0. The minimum Gasteiger partial charge on any atom is -0.340 e. The molecule has 0 spiro atoms. The lowest BCUT2D eigenvalue weighted by Gasteiger charge is -2.25. The van der Waals surface area contributed by atoms with Gasteiger partial charge in [-0.2, -0.15) is 0 Å². The average Bonchev–Trinajstić information content (AvgIpc) is 3.16. The van der Waals surface area contributed by atoms with E-state index in [-0.39, 0.29) is 18.0 Å². The number of amides is 3. The molecule has 1 saturated heterocycles. The standard InChI is InChI=1S/C16H19N5O2S/c1-11-19-20-16(24-11)18-15(23)17-13(12-6-3-2-4-7-12)10-21-9-5-8-14(21)22/h2-4,6-7,13H,5,8-10H2,1H3,(H2,17,18,20,23)/t13-/m1/s1. The van der Waals surface area contributed by atoms with Gasteiger partial charge >= 0.3 is 6.03 Å². The molecule has 1 aliphatic rings. The highest BCUT2D eigenvalue weighted by Crippen LogP contribution is 2.19. The van der Waals surface area contributed by atoms with Crippen LogP contribution in [0.15, 0.2) is 30.3 Å². The molecule has 7 nitrogen and oxygen atoms in total. The molecule has 0 unspecified atom stereocenters. The summed E-state index contributed by atoms with van der Waals surface area (Å²) in [5.74, 6) is 0.137. The molecule has 2 N–H and O–H groups in total. The van der Waals surface area contributed by atoms with Gasteiger partial charge in [-0.15, -0.1) is 10.2 Å². The van der Waals surface area contributed by atoms with Crippen molar-refractivity contribution in [3.05, 3.63) is 40.9 Å². The smallest absolute Gasteiger partial charge is 0.321 e. The Morgan fingerprint density at radius 3 is 2.75 bits per heavy atom. The molecule has 0 bridgehead atoms. The number of aryl methyl sites for hydroxylation is 1. The molecule has 1 aromatic heterocycles. The summed E-state index contributed by atoms with van der Waals surface area (Å²) in [6.07, 6.45) is 1.45. The predicted octanol–water partition coefficient (Wildman–Crippen LogP) is 2.33. The van der Waals surface area contributed by atoms with Gasteiger partial charge in [0.1, 0.15) is 5.01 Å². The highest BCUT2D eigenvalue weighted by atomic mass is 32.1. The highest BCUT2D eigenvalue weighted by Gasteiger charge is 2.25. The zero-order valence-corrected chi connectivity index (χ0v) is 14.2. The summed E-state index contributed by atoms with van der Waals surface area (Å²) in [6, 6.07) is 9.02. The number of benzene rings is 1. The Labute approximate surface area is 144 Å². The lowest BCUT2D eigenvalue weighted by molar-refractivity contribution is -0.128. The quantitative estimate of drug-likeness (QED) is 0.871. The average molecular weight is 345 g/mol. The van der Waals surface area contributed by atoms with Gasteiger partial charge in [0.15, 0.2) is 0 Å². The molecule has 1 fully saturated rings. The molecule has 8 heteroatoms. The van der Waals surface area contributed by atoms with Crippen LogP contribution in [0.1, 0.15) is 29.5 Å². The maximum absolute atomic E-state index is 12.3. The van der Waals surface area contributed by atoms with E-state index in [2.05, 4.69) is 20.8 Å². The van der Waals surface area contributed by atoms with E-state index in [4.69, 9.17) is 0 Å². The molecule has 0 aliphatic carbocycles.